The van der Waals surface area contributed by atoms with E-state index in [1.54, 1.807) is 0 Å². The van der Waals surface area contributed by atoms with E-state index in [0.29, 0.717) is 23.9 Å². The minimum Gasteiger partial charge on any atom is -0.341 e. The molecule has 4 fully saturated rings. The smallest absolute Gasteiger partial charge is 0.226 e. The fourth-order valence-electron chi connectivity index (χ4n) is 4.92. The van der Waals surface area contributed by atoms with E-state index in [-0.39, 0.29) is 0 Å². The van der Waals surface area contributed by atoms with Crippen molar-refractivity contribution in [1.29, 1.82) is 0 Å². The van der Waals surface area contributed by atoms with Crippen molar-refractivity contribution in [3.63, 3.8) is 0 Å². The van der Waals surface area contributed by atoms with Crippen LogP contribution in [-0.4, -0.2) is 36.0 Å². The molecular weight excluding hydrogens is 224 g/mol. The summed E-state index contributed by atoms with van der Waals surface area (Å²) < 4.78 is 0. The van der Waals surface area contributed by atoms with Gasteiger partial charge < -0.3 is 10.2 Å². The third-order valence-corrected chi connectivity index (χ3v) is 5.89. The van der Waals surface area contributed by atoms with Gasteiger partial charge >= 0.3 is 0 Å². The Morgan fingerprint density at radius 3 is 2.67 bits per heavy atom. The molecule has 4 aliphatic rings. The van der Waals surface area contributed by atoms with Crippen LogP contribution in [0.1, 0.15) is 44.9 Å². The molecule has 2 aliphatic heterocycles. The van der Waals surface area contributed by atoms with Gasteiger partial charge in [0.15, 0.2) is 0 Å². The summed E-state index contributed by atoms with van der Waals surface area (Å²) in [6, 6.07) is 1.27. The number of hydrogen-bond donors (Lipinski definition) is 1. The molecule has 5 atom stereocenters. The van der Waals surface area contributed by atoms with E-state index in [9.17, 15) is 4.79 Å². The molecule has 0 aromatic heterocycles. The van der Waals surface area contributed by atoms with Gasteiger partial charge in [-0.25, -0.2) is 0 Å². The van der Waals surface area contributed by atoms with Crippen LogP contribution in [0.4, 0.5) is 0 Å². The lowest BCUT2D eigenvalue weighted by molar-refractivity contribution is -0.137. The number of rotatable bonds is 1. The minimum atomic E-state index is 0.389. The largest absolute Gasteiger partial charge is 0.341 e. The summed E-state index contributed by atoms with van der Waals surface area (Å²) in [5.74, 6) is 2.50. The van der Waals surface area contributed by atoms with E-state index in [0.717, 1.165) is 24.9 Å². The molecule has 0 aromatic carbocycles. The molecule has 4 bridgehead atoms. The van der Waals surface area contributed by atoms with E-state index >= 15 is 0 Å². The fourth-order valence-corrected chi connectivity index (χ4v) is 4.92. The number of carbonyl (C=O) groups is 1. The van der Waals surface area contributed by atoms with E-state index in [4.69, 9.17) is 0 Å². The Bertz CT molecular complexity index is 356. The highest BCUT2D eigenvalue weighted by Gasteiger charge is 2.45. The molecule has 18 heavy (non-hydrogen) atoms. The van der Waals surface area contributed by atoms with Crippen LogP contribution in [-0.2, 0) is 4.79 Å². The van der Waals surface area contributed by atoms with Crippen molar-refractivity contribution in [2.45, 2.75) is 57.0 Å². The third-order valence-electron chi connectivity index (χ3n) is 5.89. The molecule has 3 nitrogen and oxygen atoms in total. The van der Waals surface area contributed by atoms with E-state index in [1.165, 1.54) is 44.9 Å². The van der Waals surface area contributed by atoms with Gasteiger partial charge in [0.25, 0.3) is 0 Å². The highest BCUT2D eigenvalue weighted by atomic mass is 16.2. The van der Waals surface area contributed by atoms with Crippen molar-refractivity contribution in [2.24, 2.45) is 17.8 Å². The second-order valence-corrected chi connectivity index (χ2v) is 6.99. The van der Waals surface area contributed by atoms with Crippen LogP contribution < -0.4 is 5.32 Å². The number of carbonyl (C=O) groups excluding carboxylic acids is 1. The first-order chi connectivity index (χ1) is 8.79. The number of nitrogens with one attached hydrogen (secondary N) is 1. The Balaban J connectivity index is 1.45. The zero-order chi connectivity index (χ0) is 12.1. The lowest BCUT2D eigenvalue weighted by atomic mass is 9.87. The average molecular weight is 248 g/mol. The molecular formula is C15H24N2O. The average Bonchev–Trinajstić information content (AvgIpc) is 3.03. The van der Waals surface area contributed by atoms with Crippen molar-refractivity contribution >= 4 is 5.91 Å². The summed E-state index contributed by atoms with van der Waals surface area (Å²) >= 11 is 0. The topological polar surface area (TPSA) is 32.3 Å². The van der Waals surface area contributed by atoms with Crippen LogP contribution in [0.25, 0.3) is 0 Å². The molecule has 4 rings (SSSR count). The summed E-state index contributed by atoms with van der Waals surface area (Å²) in [5, 5.41) is 3.67. The van der Waals surface area contributed by atoms with Gasteiger partial charge in [0, 0.05) is 31.1 Å². The molecule has 100 valence electrons. The van der Waals surface area contributed by atoms with Gasteiger partial charge in [-0.2, -0.15) is 0 Å². The van der Waals surface area contributed by atoms with Crippen molar-refractivity contribution in [1.82, 2.24) is 10.2 Å². The van der Waals surface area contributed by atoms with E-state index < -0.39 is 0 Å². The highest BCUT2D eigenvalue weighted by Crippen LogP contribution is 2.49. The van der Waals surface area contributed by atoms with Gasteiger partial charge in [-0.15, -0.1) is 0 Å². The third kappa shape index (κ3) is 1.78. The second kappa shape index (κ2) is 4.22. The van der Waals surface area contributed by atoms with Crippen molar-refractivity contribution in [2.75, 3.05) is 13.1 Å². The minimum absolute atomic E-state index is 0.389. The van der Waals surface area contributed by atoms with Crippen molar-refractivity contribution in [3.8, 4) is 0 Å². The zero-order valence-corrected chi connectivity index (χ0v) is 11.1. The van der Waals surface area contributed by atoms with Gasteiger partial charge in [-0.3, -0.25) is 4.79 Å². The predicted octanol–water partition coefficient (Wildman–Crippen LogP) is 1.78. The van der Waals surface area contributed by atoms with Gasteiger partial charge in [-0.05, 0) is 50.4 Å². The number of fused-ring (bicyclic) bond motifs is 4. The van der Waals surface area contributed by atoms with Gasteiger partial charge in [0.1, 0.15) is 0 Å². The van der Waals surface area contributed by atoms with Crippen molar-refractivity contribution < 1.29 is 4.79 Å². The fraction of sp³-hybridized carbons (Fsp3) is 0.933. The van der Waals surface area contributed by atoms with Gasteiger partial charge in [0.2, 0.25) is 5.91 Å². The number of amides is 1. The summed E-state index contributed by atoms with van der Waals surface area (Å²) in [7, 11) is 0. The highest BCUT2D eigenvalue weighted by molar-refractivity contribution is 5.79. The number of hydrogen-bond acceptors (Lipinski definition) is 2. The molecule has 2 aliphatic carbocycles. The molecule has 1 N–H and O–H groups in total. The molecule has 2 saturated heterocycles. The summed E-state index contributed by atoms with van der Waals surface area (Å²) in [6.07, 6.45) is 9.00. The lowest BCUT2D eigenvalue weighted by Gasteiger charge is -2.30. The number of likely N-dealkylation sites (tertiary alicyclic amines) is 1. The van der Waals surface area contributed by atoms with E-state index in [2.05, 4.69) is 10.2 Å². The Kier molecular flexibility index (Phi) is 2.65. The molecule has 3 heteroatoms. The molecule has 0 aromatic rings. The molecule has 2 saturated carbocycles. The van der Waals surface area contributed by atoms with Crippen LogP contribution in [0.2, 0.25) is 0 Å². The first-order valence-electron chi connectivity index (χ1n) is 7.84. The van der Waals surface area contributed by atoms with Crippen LogP contribution in [0.3, 0.4) is 0 Å². The maximum atomic E-state index is 12.7. The SMILES string of the molecule is O=C(C1CC2CCC1C2)N1CCC2CCC(C1)N2. The number of nitrogens with zero attached hydrogens (tertiary/aromatic N) is 1. The zero-order valence-electron chi connectivity index (χ0n) is 11.1. The first-order valence-corrected chi connectivity index (χ1v) is 7.84. The maximum Gasteiger partial charge on any atom is 0.226 e. The second-order valence-electron chi connectivity index (χ2n) is 6.99. The quantitative estimate of drug-likeness (QED) is 0.767. The standard InChI is InChI=1S/C15H24N2O/c18-15(14-8-10-1-2-11(14)7-10)17-6-5-12-3-4-13(9-17)16-12/h10-14,16H,1-9H2. The predicted molar refractivity (Wildman–Crippen MR) is 70.1 cm³/mol. The Hall–Kier alpha value is -0.570. The van der Waals surface area contributed by atoms with Gasteiger partial charge in [-0.1, -0.05) is 6.42 Å². The molecule has 1 amide bonds. The van der Waals surface area contributed by atoms with Gasteiger partial charge in [0.05, 0.1) is 0 Å². The van der Waals surface area contributed by atoms with Crippen LogP contribution >= 0.6 is 0 Å². The van der Waals surface area contributed by atoms with Crippen LogP contribution in [0, 0.1) is 17.8 Å². The van der Waals surface area contributed by atoms with Crippen molar-refractivity contribution in [3.05, 3.63) is 0 Å². The Morgan fingerprint density at radius 2 is 1.89 bits per heavy atom. The summed E-state index contributed by atoms with van der Waals surface area (Å²) in [5.41, 5.74) is 0. The van der Waals surface area contributed by atoms with Crippen LogP contribution in [0.15, 0.2) is 0 Å². The lowest BCUT2D eigenvalue weighted by Crippen LogP contribution is -2.43. The monoisotopic (exact) mass is 248 g/mol. The normalized spacial score (nSPS) is 46.4. The molecule has 0 spiro atoms. The Morgan fingerprint density at radius 1 is 1.00 bits per heavy atom. The van der Waals surface area contributed by atoms with Crippen LogP contribution in [0.5, 0.6) is 0 Å². The van der Waals surface area contributed by atoms with E-state index in [1.807, 2.05) is 0 Å². The Labute approximate surface area is 109 Å². The summed E-state index contributed by atoms with van der Waals surface area (Å²) in [6.45, 7) is 1.98. The maximum absolute atomic E-state index is 12.7. The molecule has 5 unspecified atom stereocenters. The molecule has 2 heterocycles. The first kappa shape index (κ1) is 11.3. The summed E-state index contributed by atoms with van der Waals surface area (Å²) in [4.78, 5) is 14.9. The molecule has 0 radical (unpaired) electrons.